The molecule has 0 heterocycles. The Morgan fingerprint density at radius 2 is 1.60 bits per heavy atom. The van der Waals surface area contributed by atoms with Crippen LogP contribution in [0.3, 0.4) is 0 Å². The predicted molar refractivity (Wildman–Crippen MR) is 112 cm³/mol. The van der Waals surface area contributed by atoms with Gasteiger partial charge in [0, 0.05) is 11.6 Å². The van der Waals surface area contributed by atoms with E-state index in [-0.39, 0.29) is 17.1 Å². The van der Waals surface area contributed by atoms with Gasteiger partial charge in [-0.25, -0.2) is 17.9 Å². The van der Waals surface area contributed by atoms with Gasteiger partial charge in [0.05, 0.1) is 17.1 Å². The molecule has 0 unspecified atom stereocenters. The summed E-state index contributed by atoms with van der Waals surface area (Å²) in [6, 6.07) is 12.5. The predicted octanol–water partition coefficient (Wildman–Crippen LogP) is 2.82. The average molecular weight is 427 g/mol. The summed E-state index contributed by atoms with van der Waals surface area (Å²) in [4.78, 5) is 35.1. The molecule has 0 saturated carbocycles. The molecule has 0 aliphatic rings. The monoisotopic (exact) mass is 427 g/mol. The van der Waals surface area contributed by atoms with Gasteiger partial charge in [-0.05, 0) is 37.6 Å². The van der Waals surface area contributed by atoms with Crippen molar-refractivity contribution >= 4 is 34.3 Å². The van der Waals surface area contributed by atoms with Crippen molar-refractivity contribution in [1.29, 1.82) is 0 Å². The van der Waals surface area contributed by atoms with Crippen molar-refractivity contribution in [3.8, 4) is 0 Å². The summed E-state index contributed by atoms with van der Waals surface area (Å²) in [5.74, 6) is -1.76. The number of nitrogens with one attached hydrogen (secondary N) is 1. The summed E-state index contributed by atoms with van der Waals surface area (Å²) in [7, 11) is -4.09. The van der Waals surface area contributed by atoms with Crippen LogP contribution in [0.2, 0.25) is 0 Å². The lowest BCUT2D eigenvalue weighted by molar-refractivity contribution is -0.138. The van der Waals surface area contributed by atoms with Gasteiger partial charge in [-0.3, -0.25) is 9.59 Å². The second-order valence-corrected chi connectivity index (χ2v) is 7.90. The number of amides is 1. The van der Waals surface area contributed by atoms with Crippen LogP contribution in [0, 0.1) is 6.92 Å². The molecule has 30 heavy (non-hydrogen) atoms. The first-order chi connectivity index (χ1) is 14.2. The summed E-state index contributed by atoms with van der Waals surface area (Å²) < 4.78 is 31.5. The molecule has 0 spiro atoms. The van der Waals surface area contributed by atoms with E-state index in [2.05, 4.69) is 0 Å². The van der Waals surface area contributed by atoms with E-state index >= 15 is 0 Å². The molecule has 0 fully saturated rings. The molecule has 1 amide bonds. The number of aryl methyl sites for hydroxylation is 1. The van der Waals surface area contributed by atoms with Crippen molar-refractivity contribution in [2.45, 2.75) is 18.7 Å². The number of hydrogen-bond acceptors (Lipinski definition) is 6. The summed E-state index contributed by atoms with van der Waals surface area (Å²) >= 11 is 0. The van der Waals surface area contributed by atoms with E-state index in [9.17, 15) is 22.8 Å². The highest BCUT2D eigenvalue weighted by atomic mass is 32.2. The minimum atomic E-state index is -4.09. The lowest BCUT2D eigenvalue weighted by Crippen LogP contribution is -2.29. The van der Waals surface area contributed by atoms with E-state index < -0.39 is 21.9 Å². The third-order valence-electron chi connectivity index (χ3n) is 3.89. The Morgan fingerprint density at radius 3 is 2.17 bits per heavy atom. The van der Waals surface area contributed by atoms with Crippen molar-refractivity contribution in [1.82, 2.24) is 4.72 Å². The molecule has 0 aliphatic carbocycles. The Hall–Kier alpha value is -3.52. The van der Waals surface area contributed by atoms with Crippen LogP contribution in [0.15, 0.2) is 71.2 Å². The fraction of sp³-hybridized carbons (Fsp3) is 0.136. The molecule has 0 aliphatic heterocycles. The van der Waals surface area contributed by atoms with Crippen molar-refractivity contribution in [3.63, 3.8) is 0 Å². The zero-order chi connectivity index (χ0) is 22.1. The van der Waals surface area contributed by atoms with Gasteiger partial charge >= 0.3 is 5.97 Å². The maximum atomic E-state index is 12.3. The first-order valence-electron chi connectivity index (χ1n) is 9.00. The van der Waals surface area contributed by atoms with Crippen molar-refractivity contribution in [3.05, 3.63) is 82.9 Å². The van der Waals surface area contributed by atoms with Crippen molar-refractivity contribution in [2.24, 2.45) is 0 Å². The number of aldehydes is 1. The summed E-state index contributed by atoms with van der Waals surface area (Å²) in [5, 5.41) is 0. The maximum absolute atomic E-state index is 12.3. The van der Waals surface area contributed by atoms with Gasteiger partial charge in [0.1, 0.15) is 6.29 Å². The molecule has 2 aromatic rings. The van der Waals surface area contributed by atoms with Crippen molar-refractivity contribution in [2.75, 3.05) is 6.61 Å². The highest BCUT2D eigenvalue weighted by Gasteiger charge is 2.18. The van der Waals surface area contributed by atoms with Gasteiger partial charge in [0.15, 0.2) is 0 Å². The first kappa shape index (κ1) is 22.8. The number of benzene rings is 2. The topological polar surface area (TPSA) is 107 Å². The molecular weight excluding hydrogens is 406 g/mol. The lowest BCUT2D eigenvalue weighted by Gasteiger charge is -2.06. The molecule has 0 atom stereocenters. The Kier molecular flexibility index (Phi) is 7.83. The van der Waals surface area contributed by atoms with Gasteiger partial charge in [-0.15, -0.1) is 0 Å². The Balaban J connectivity index is 2.25. The van der Waals surface area contributed by atoms with Gasteiger partial charge in [-0.1, -0.05) is 48.0 Å². The first-order valence-corrected chi connectivity index (χ1v) is 10.5. The number of rotatable bonds is 8. The molecule has 0 saturated heterocycles. The van der Waals surface area contributed by atoms with Gasteiger partial charge < -0.3 is 4.74 Å². The highest BCUT2D eigenvalue weighted by molar-refractivity contribution is 7.90. The SMILES string of the molecule is CCOC(=O)C(=C\C(=O)NS(=O)(=O)c1ccc(C)cc1)/C=C/c1ccc(C=O)cc1. The third-order valence-corrected chi connectivity index (χ3v) is 5.25. The van der Waals surface area contributed by atoms with E-state index in [1.807, 2.05) is 11.6 Å². The number of ether oxygens (including phenoxy) is 1. The van der Waals surface area contributed by atoms with E-state index in [1.165, 1.54) is 18.2 Å². The Bertz CT molecular complexity index is 1080. The van der Waals surface area contributed by atoms with Crippen LogP contribution >= 0.6 is 0 Å². The molecule has 2 aromatic carbocycles. The second-order valence-electron chi connectivity index (χ2n) is 6.22. The molecule has 1 N–H and O–H groups in total. The van der Waals surface area contributed by atoms with E-state index in [1.54, 1.807) is 49.4 Å². The van der Waals surface area contributed by atoms with Crippen molar-refractivity contribution < 1.29 is 27.5 Å². The summed E-state index contributed by atoms with van der Waals surface area (Å²) in [6.45, 7) is 3.50. The highest BCUT2D eigenvalue weighted by Crippen LogP contribution is 2.11. The van der Waals surface area contributed by atoms with Crippen LogP contribution in [0.4, 0.5) is 0 Å². The lowest BCUT2D eigenvalue weighted by atomic mass is 10.1. The molecule has 0 bridgehead atoms. The number of carbonyl (C=O) groups is 3. The van der Waals surface area contributed by atoms with Crippen LogP contribution in [0.5, 0.6) is 0 Å². The fourth-order valence-electron chi connectivity index (χ4n) is 2.34. The summed E-state index contributed by atoms with van der Waals surface area (Å²) in [5.41, 5.74) is 1.90. The molecule has 0 aromatic heterocycles. The zero-order valence-electron chi connectivity index (χ0n) is 16.5. The zero-order valence-corrected chi connectivity index (χ0v) is 17.3. The standard InChI is InChI=1S/C22H21NO6S/c1-3-29-22(26)19(11-10-17-6-8-18(15-24)9-7-17)14-21(25)23-30(27,28)20-12-4-16(2)5-13-20/h4-15H,3H2,1-2H3,(H,23,25)/b11-10+,19-14-. The molecular formula is C22H21NO6S. The maximum Gasteiger partial charge on any atom is 0.338 e. The minimum Gasteiger partial charge on any atom is -0.462 e. The number of esters is 1. The third kappa shape index (κ3) is 6.52. The molecule has 7 nitrogen and oxygen atoms in total. The van der Waals surface area contributed by atoms with Crippen LogP contribution in [0.1, 0.15) is 28.4 Å². The van der Waals surface area contributed by atoms with E-state index in [0.29, 0.717) is 17.4 Å². The molecule has 156 valence electrons. The number of hydrogen-bond donors (Lipinski definition) is 1. The normalized spacial score (nSPS) is 11.9. The molecule has 8 heteroatoms. The summed E-state index contributed by atoms with van der Waals surface area (Å²) in [6.07, 6.45) is 4.45. The average Bonchev–Trinajstić information content (AvgIpc) is 2.71. The molecule has 2 rings (SSSR count). The van der Waals surface area contributed by atoms with Gasteiger partial charge in [0.2, 0.25) is 0 Å². The van der Waals surface area contributed by atoms with Crippen LogP contribution in [0.25, 0.3) is 6.08 Å². The van der Waals surface area contributed by atoms with Crippen LogP contribution in [-0.2, 0) is 24.3 Å². The Labute approximate surface area is 175 Å². The number of carbonyl (C=O) groups excluding carboxylic acids is 3. The fourth-order valence-corrected chi connectivity index (χ4v) is 3.28. The van der Waals surface area contributed by atoms with E-state index in [0.717, 1.165) is 11.6 Å². The molecule has 0 radical (unpaired) electrons. The quantitative estimate of drug-likeness (QED) is 0.300. The van der Waals surface area contributed by atoms with Crippen LogP contribution < -0.4 is 4.72 Å². The number of sulfonamides is 1. The smallest absolute Gasteiger partial charge is 0.338 e. The van der Waals surface area contributed by atoms with Gasteiger partial charge in [0.25, 0.3) is 15.9 Å². The largest absolute Gasteiger partial charge is 0.462 e. The van der Waals surface area contributed by atoms with Gasteiger partial charge in [-0.2, -0.15) is 0 Å². The minimum absolute atomic E-state index is 0.0710. The van der Waals surface area contributed by atoms with E-state index in [4.69, 9.17) is 4.74 Å². The van der Waals surface area contributed by atoms with Crippen LogP contribution in [-0.4, -0.2) is 33.2 Å². The second kappa shape index (κ2) is 10.3. The Morgan fingerprint density at radius 1 is 1.00 bits per heavy atom.